The molecule has 1 saturated heterocycles. The molecule has 2 aromatic rings. The minimum Gasteiger partial charge on any atom is -0.494 e. The zero-order valence-corrected chi connectivity index (χ0v) is 20.4. The third-order valence-electron chi connectivity index (χ3n) is 4.81. The summed E-state index contributed by atoms with van der Waals surface area (Å²) in [4.78, 5) is 21.3. The van der Waals surface area contributed by atoms with Crippen LogP contribution in [0.3, 0.4) is 0 Å². The Balaban J connectivity index is 0.00000320. The van der Waals surface area contributed by atoms with E-state index in [1.165, 1.54) is 0 Å². The molecule has 1 aromatic carbocycles. The average molecular weight is 526 g/mol. The highest BCUT2D eigenvalue weighted by Crippen LogP contribution is 2.20. The summed E-state index contributed by atoms with van der Waals surface area (Å²) in [6.45, 7) is 9.63. The van der Waals surface area contributed by atoms with Crippen molar-refractivity contribution in [2.45, 2.75) is 27.3 Å². The first kappa shape index (κ1) is 24.0. The first-order chi connectivity index (χ1) is 14.0. The van der Waals surface area contributed by atoms with Gasteiger partial charge in [-0.05, 0) is 38.0 Å². The van der Waals surface area contributed by atoms with E-state index in [1.54, 1.807) is 15.8 Å². The molecule has 1 aromatic heterocycles. The number of nitrogens with zero attached hydrogens (tertiary/aromatic N) is 5. The number of carbonyl (C=O) groups is 1. The SMILES string of the molecule is CCNC(=NCc1ccc(OCC)c(C)c1)N1CCN(c2cnn(C)c2)C(=O)C1.I. The van der Waals surface area contributed by atoms with Gasteiger partial charge in [0.2, 0.25) is 5.91 Å². The fourth-order valence-corrected chi connectivity index (χ4v) is 3.39. The fourth-order valence-electron chi connectivity index (χ4n) is 3.39. The summed E-state index contributed by atoms with van der Waals surface area (Å²) < 4.78 is 7.31. The molecular weight excluding hydrogens is 495 g/mol. The normalized spacial score (nSPS) is 14.5. The zero-order chi connectivity index (χ0) is 20.8. The quantitative estimate of drug-likeness (QED) is 0.356. The Morgan fingerprint density at radius 1 is 1.30 bits per heavy atom. The summed E-state index contributed by atoms with van der Waals surface area (Å²) in [7, 11) is 1.85. The Labute approximate surface area is 195 Å². The van der Waals surface area contributed by atoms with Gasteiger partial charge < -0.3 is 19.9 Å². The van der Waals surface area contributed by atoms with Gasteiger partial charge in [0.05, 0.1) is 25.0 Å². The highest BCUT2D eigenvalue weighted by atomic mass is 127. The fraction of sp³-hybridized carbons (Fsp3) is 0.476. The number of aliphatic imine (C=N–C) groups is 1. The number of carbonyl (C=O) groups excluding carboxylic acids is 1. The van der Waals surface area contributed by atoms with Crippen molar-refractivity contribution >= 4 is 41.5 Å². The Kier molecular flexibility index (Phi) is 8.94. The molecule has 1 aliphatic rings. The van der Waals surface area contributed by atoms with Crippen LogP contribution in [-0.4, -0.2) is 59.3 Å². The Morgan fingerprint density at radius 3 is 2.70 bits per heavy atom. The van der Waals surface area contributed by atoms with Crippen molar-refractivity contribution in [3.63, 3.8) is 0 Å². The molecule has 0 unspecified atom stereocenters. The van der Waals surface area contributed by atoms with E-state index in [9.17, 15) is 4.79 Å². The van der Waals surface area contributed by atoms with Gasteiger partial charge in [0.25, 0.3) is 0 Å². The lowest BCUT2D eigenvalue weighted by molar-refractivity contribution is -0.120. The number of benzene rings is 1. The van der Waals surface area contributed by atoms with Crippen molar-refractivity contribution in [2.24, 2.45) is 12.0 Å². The summed E-state index contributed by atoms with van der Waals surface area (Å²) >= 11 is 0. The summed E-state index contributed by atoms with van der Waals surface area (Å²) in [6.07, 6.45) is 3.59. The van der Waals surface area contributed by atoms with Crippen LogP contribution in [0.2, 0.25) is 0 Å². The van der Waals surface area contributed by atoms with Crippen LogP contribution in [-0.2, 0) is 18.4 Å². The van der Waals surface area contributed by atoms with Crippen molar-refractivity contribution in [1.82, 2.24) is 20.0 Å². The van der Waals surface area contributed by atoms with E-state index >= 15 is 0 Å². The summed E-state index contributed by atoms with van der Waals surface area (Å²) in [5, 5.41) is 7.47. The minimum absolute atomic E-state index is 0. The van der Waals surface area contributed by atoms with Crippen molar-refractivity contribution in [2.75, 3.05) is 37.7 Å². The molecule has 2 heterocycles. The molecule has 9 heteroatoms. The van der Waals surface area contributed by atoms with Crippen LogP contribution < -0.4 is 15.0 Å². The molecule has 0 atom stereocenters. The molecule has 1 amide bonds. The van der Waals surface area contributed by atoms with Crippen molar-refractivity contribution < 1.29 is 9.53 Å². The zero-order valence-electron chi connectivity index (χ0n) is 18.1. The van der Waals surface area contributed by atoms with Gasteiger partial charge in [0.1, 0.15) is 12.3 Å². The van der Waals surface area contributed by atoms with Gasteiger partial charge >= 0.3 is 0 Å². The third-order valence-corrected chi connectivity index (χ3v) is 4.81. The molecule has 3 rings (SSSR count). The van der Waals surface area contributed by atoms with E-state index in [0.29, 0.717) is 26.2 Å². The molecule has 30 heavy (non-hydrogen) atoms. The Hall–Kier alpha value is -2.30. The van der Waals surface area contributed by atoms with Crippen LogP contribution in [0.15, 0.2) is 35.6 Å². The number of nitrogens with one attached hydrogen (secondary N) is 1. The standard InChI is InChI=1S/C21H30N6O2.HI/c1-5-22-21(23-12-17-7-8-19(29-6-2)16(3)11-17)26-9-10-27(20(28)15-26)18-13-24-25(4)14-18;/h7-8,11,13-14H,5-6,9-10,12,15H2,1-4H3,(H,22,23);1H. The second kappa shape index (κ2) is 11.2. The molecule has 0 saturated carbocycles. The van der Waals surface area contributed by atoms with Gasteiger partial charge in [0, 0.05) is 32.9 Å². The van der Waals surface area contributed by atoms with E-state index in [4.69, 9.17) is 9.73 Å². The smallest absolute Gasteiger partial charge is 0.246 e. The maximum absolute atomic E-state index is 12.7. The number of aryl methyl sites for hydroxylation is 2. The van der Waals surface area contributed by atoms with Crippen molar-refractivity contribution in [3.8, 4) is 5.75 Å². The number of hydrogen-bond acceptors (Lipinski definition) is 4. The van der Waals surface area contributed by atoms with E-state index in [0.717, 1.165) is 41.6 Å². The predicted molar refractivity (Wildman–Crippen MR) is 130 cm³/mol. The van der Waals surface area contributed by atoms with Crippen LogP contribution in [0, 0.1) is 6.92 Å². The Morgan fingerprint density at radius 2 is 2.10 bits per heavy atom. The van der Waals surface area contributed by atoms with E-state index in [2.05, 4.69) is 16.5 Å². The van der Waals surface area contributed by atoms with Crippen molar-refractivity contribution in [3.05, 3.63) is 41.7 Å². The van der Waals surface area contributed by atoms with Gasteiger partial charge in [-0.2, -0.15) is 5.10 Å². The number of ether oxygens (including phenoxy) is 1. The summed E-state index contributed by atoms with van der Waals surface area (Å²) in [5.41, 5.74) is 3.05. The number of rotatable bonds is 6. The molecule has 8 nitrogen and oxygen atoms in total. The molecule has 164 valence electrons. The lowest BCUT2D eigenvalue weighted by Crippen LogP contribution is -2.55. The number of aromatic nitrogens is 2. The number of amides is 1. The predicted octanol–water partition coefficient (Wildman–Crippen LogP) is 2.56. The number of anilines is 1. The third kappa shape index (κ3) is 5.87. The minimum atomic E-state index is 0. The average Bonchev–Trinajstić information content (AvgIpc) is 3.13. The maximum Gasteiger partial charge on any atom is 0.246 e. The molecule has 0 aliphatic carbocycles. The molecule has 1 fully saturated rings. The largest absolute Gasteiger partial charge is 0.494 e. The second-order valence-electron chi connectivity index (χ2n) is 7.04. The molecule has 1 N–H and O–H groups in total. The molecule has 1 aliphatic heterocycles. The van der Waals surface area contributed by atoms with Crippen LogP contribution in [0.25, 0.3) is 0 Å². The van der Waals surface area contributed by atoms with E-state index < -0.39 is 0 Å². The summed E-state index contributed by atoms with van der Waals surface area (Å²) in [6, 6.07) is 6.13. The first-order valence-corrected chi connectivity index (χ1v) is 10.1. The van der Waals surface area contributed by atoms with E-state index in [-0.39, 0.29) is 29.9 Å². The van der Waals surface area contributed by atoms with Gasteiger partial charge in [-0.1, -0.05) is 12.1 Å². The van der Waals surface area contributed by atoms with Gasteiger partial charge in [-0.15, -0.1) is 24.0 Å². The number of piperazine rings is 1. The molecular formula is C21H31IN6O2. The molecule has 0 bridgehead atoms. The monoisotopic (exact) mass is 526 g/mol. The number of guanidine groups is 1. The van der Waals surface area contributed by atoms with Crippen LogP contribution in [0.5, 0.6) is 5.75 Å². The molecule has 0 spiro atoms. The highest BCUT2D eigenvalue weighted by molar-refractivity contribution is 14.0. The lowest BCUT2D eigenvalue weighted by atomic mass is 10.1. The Bertz CT molecular complexity index is 882. The summed E-state index contributed by atoms with van der Waals surface area (Å²) in [5.74, 6) is 1.72. The number of halogens is 1. The van der Waals surface area contributed by atoms with E-state index in [1.807, 2.05) is 51.0 Å². The van der Waals surface area contributed by atoms with Crippen LogP contribution >= 0.6 is 24.0 Å². The van der Waals surface area contributed by atoms with Gasteiger partial charge in [-0.3, -0.25) is 9.48 Å². The first-order valence-electron chi connectivity index (χ1n) is 10.1. The maximum atomic E-state index is 12.7. The van der Waals surface area contributed by atoms with Gasteiger partial charge in [0.15, 0.2) is 5.96 Å². The van der Waals surface area contributed by atoms with Gasteiger partial charge in [-0.25, -0.2) is 4.99 Å². The topological polar surface area (TPSA) is 75.0 Å². The lowest BCUT2D eigenvalue weighted by Gasteiger charge is -2.35. The second-order valence-corrected chi connectivity index (χ2v) is 7.04. The van der Waals surface area contributed by atoms with Crippen LogP contribution in [0.4, 0.5) is 5.69 Å². The molecule has 0 radical (unpaired) electrons. The van der Waals surface area contributed by atoms with Crippen molar-refractivity contribution in [1.29, 1.82) is 0 Å². The van der Waals surface area contributed by atoms with Crippen LogP contribution in [0.1, 0.15) is 25.0 Å². The highest BCUT2D eigenvalue weighted by Gasteiger charge is 2.27. The number of hydrogen-bond donors (Lipinski definition) is 1.